The van der Waals surface area contributed by atoms with Gasteiger partial charge in [-0.05, 0) is 23.8 Å². The maximum absolute atomic E-state index is 5.69. The lowest BCUT2D eigenvalue weighted by atomic mass is 10.1. The summed E-state index contributed by atoms with van der Waals surface area (Å²) in [5, 5.41) is 1.17. The monoisotopic (exact) mass is 158 g/mol. The van der Waals surface area contributed by atoms with E-state index >= 15 is 0 Å². The Kier molecular flexibility index (Phi) is 1.40. The zero-order valence-electron chi connectivity index (χ0n) is 6.67. The summed E-state index contributed by atoms with van der Waals surface area (Å²) in [6.07, 6.45) is 3.71. The summed E-state index contributed by atoms with van der Waals surface area (Å²) in [7, 11) is 0. The van der Waals surface area contributed by atoms with Crippen LogP contribution in [0, 0.1) is 0 Å². The zero-order chi connectivity index (χ0) is 8.55. The SMILES string of the molecule is C=Cc1cc(N)cc2[nH]ccc12. The highest BCUT2D eigenvalue weighted by Crippen LogP contribution is 2.21. The van der Waals surface area contributed by atoms with E-state index in [9.17, 15) is 0 Å². The molecular weight excluding hydrogens is 148 g/mol. The second-order valence-electron chi connectivity index (χ2n) is 2.75. The van der Waals surface area contributed by atoms with Crippen molar-refractivity contribution in [1.29, 1.82) is 0 Å². The van der Waals surface area contributed by atoms with Gasteiger partial charge in [0, 0.05) is 22.8 Å². The quantitative estimate of drug-likeness (QED) is 0.615. The fourth-order valence-corrected chi connectivity index (χ4v) is 1.39. The Morgan fingerprint density at radius 3 is 3.00 bits per heavy atom. The van der Waals surface area contributed by atoms with Crippen LogP contribution in [-0.4, -0.2) is 4.98 Å². The van der Waals surface area contributed by atoms with Crippen LogP contribution in [0.25, 0.3) is 17.0 Å². The third-order valence-electron chi connectivity index (χ3n) is 1.94. The van der Waals surface area contributed by atoms with E-state index in [2.05, 4.69) is 11.6 Å². The first-order valence-corrected chi connectivity index (χ1v) is 3.80. The van der Waals surface area contributed by atoms with Gasteiger partial charge in [-0.25, -0.2) is 0 Å². The van der Waals surface area contributed by atoms with Gasteiger partial charge in [-0.15, -0.1) is 0 Å². The van der Waals surface area contributed by atoms with Crippen molar-refractivity contribution in [3.05, 3.63) is 36.5 Å². The Labute approximate surface area is 70.7 Å². The molecule has 2 rings (SSSR count). The van der Waals surface area contributed by atoms with Crippen molar-refractivity contribution < 1.29 is 0 Å². The molecule has 0 aliphatic carbocycles. The first-order valence-electron chi connectivity index (χ1n) is 3.80. The number of hydrogen-bond donors (Lipinski definition) is 2. The summed E-state index contributed by atoms with van der Waals surface area (Å²) < 4.78 is 0. The maximum atomic E-state index is 5.69. The van der Waals surface area contributed by atoms with Crippen LogP contribution >= 0.6 is 0 Å². The van der Waals surface area contributed by atoms with Crippen LogP contribution in [0.2, 0.25) is 0 Å². The minimum atomic E-state index is 0.764. The summed E-state index contributed by atoms with van der Waals surface area (Å²) >= 11 is 0. The predicted octanol–water partition coefficient (Wildman–Crippen LogP) is 2.39. The van der Waals surface area contributed by atoms with Crippen molar-refractivity contribution in [1.82, 2.24) is 4.98 Å². The maximum Gasteiger partial charge on any atom is 0.0480 e. The molecule has 2 aromatic rings. The van der Waals surface area contributed by atoms with Gasteiger partial charge in [0.2, 0.25) is 0 Å². The van der Waals surface area contributed by atoms with Crippen LogP contribution in [0.5, 0.6) is 0 Å². The van der Waals surface area contributed by atoms with E-state index in [4.69, 9.17) is 5.73 Å². The molecule has 1 aromatic heterocycles. The molecule has 0 aliphatic rings. The van der Waals surface area contributed by atoms with Gasteiger partial charge in [0.1, 0.15) is 0 Å². The summed E-state index contributed by atoms with van der Waals surface area (Å²) in [6, 6.07) is 5.86. The second-order valence-corrected chi connectivity index (χ2v) is 2.75. The summed E-state index contributed by atoms with van der Waals surface area (Å²) in [5.41, 5.74) is 8.59. The molecule has 2 nitrogen and oxygen atoms in total. The molecule has 2 heteroatoms. The van der Waals surface area contributed by atoms with Gasteiger partial charge in [0.05, 0.1) is 0 Å². The lowest BCUT2D eigenvalue weighted by Crippen LogP contribution is -1.85. The molecule has 0 spiro atoms. The number of nitrogens with one attached hydrogen (secondary N) is 1. The summed E-state index contributed by atoms with van der Waals surface area (Å²) in [5.74, 6) is 0. The smallest absolute Gasteiger partial charge is 0.0480 e. The van der Waals surface area contributed by atoms with Crippen molar-refractivity contribution >= 4 is 22.7 Å². The minimum absolute atomic E-state index is 0.764. The van der Waals surface area contributed by atoms with Crippen LogP contribution in [0.4, 0.5) is 5.69 Å². The van der Waals surface area contributed by atoms with E-state index in [1.165, 1.54) is 5.39 Å². The molecule has 3 N–H and O–H groups in total. The number of hydrogen-bond acceptors (Lipinski definition) is 1. The van der Waals surface area contributed by atoms with Crippen molar-refractivity contribution in [2.24, 2.45) is 0 Å². The van der Waals surface area contributed by atoms with Crippen LogP contribution in [-0.2, 0) is 0 Å². The van der Waals surface area contributed by atoms with Gasteiger partial charge in [-0.2, -0.15) is 0 Å². The second kappa shape index (κ2) is 2.41. The standard InChI is InChI=1S/C10H10N2/c1-2-7-5-8(11)6-10-9(7)3-4-12-10/h2-6,12H,1,11H2. The molecule has 0 amide bonds. The van der Waals surface area contributed by atoms with E-state index in [0.717, 1.165) is 16.8 Å². The number of H-pyrrole nitrogens is 1. The zero-order valence-corrected chi connectivity index (χ0v) is 6.67. The molecule has 60 valence electrons. The normalized spacial score (nSPS) is 10.3. The fourth-order valence-electron chi connectivity index (χ4n) is 1.39. The van der Waals surface area contributed by atoms with Crippen LogP contribution in [0.15, 0.2) is 31.0 Å². The molecule has 12 heavy (non-hydrogen) atoms. The number of fused-ring (bicyclic) bond motifs is 1. The van der Waals surface area contributed by atoms with E-state index in [-0.39, 0.29) is 0 Å². The molecule has 1 heterocycles. The molecule has 0 aliphatic heterocycles. The number of rotatable bonds is 1. The number of aromatic amines is 1. The summed E-state index contributed by atoms with van der Waals surface area (Å²) in [6.45, 7) is 3.73. The number of nitrogen functional groups attached to an aromatic ring is 1. The molecule has 1 aromatic carbocycles. The third kappa shape index (κ3) is 0.889. The van der Waals surface area contributed by atoms with Crippen molar-refractivity contribution in [3.63, 3.8) is 0 Å². The highest BCUT2D eigenvalue weighted by molar-refractivity contribution is 5.90. The van der Waals surface area contributed by atoms with Gasteiger partial charge < -0.3 is 10.7 Å². The lowest BCUT2D eigenvalue weighted by Gasteiger charge is -1.98. The van der Waals surface area contributed by atoms with Gasteiger partial charge in [0.25, 0.3) is 0 Å². The average Bonchev–Trinajstić information content (AvgIpc) is 2.50. The Morgan fingerprint density at radius 2 is 2.25 bits per heavy atom. The molecule has 0 saturated carbocycles. The van der Waals surface area contributed by atoms with Crippen molar-refractivity contribution in [3.8, 4) is 0 Å². The summed E-state index contributed by atoms with van der Waals surface area (Å²) in [4.78, 5) is 3.11. The molecule has 0 bridgehead atoms. The fraction of sp³-hybridized carbons (Fsp3) is 0. The molecule has 0 saturated heterocycles. The highest BCUT2D eigenvalue weighted by atomic mass is 14.7. The molecule has 0 unspecified atom stereocenters. The molecule has 0 radical (unpaired) electrons. The van der Waals surface area contributed by atoms with Crippen LogP contribution in [0.3, 0.4) is 0 Å². The minimum Gasteiger partial charge on any atom is -0.399 e. The Balaban J connectivity index is 2.88. The van der Waals surface area contributed by atoms with Gasteiger partial charge in [-0.3, -0.25) is 0 Å². The van der Waals surface area contributed by atoms with Crippen LogP contribution in [0.1, 0.15) is 5.56 Å². The Bertz CT molecular complexity index is 426. The molecular formula is C10H10N2. The topological polar surface area (TPSA) is 41.8 Å². The van der Waals surface area contributed by atoms with Gasteiger partial charge >= 0.3 is 0 Å². The first-order chi connectivity index (χ1) is 5.81. The largest absolute Gasteiger partial charge is 0.399 e. The molecule has 0 atom stereocenters. The third-order valence-corrected chi connectivity index (χ3v) is 1.94. The average molecular weight is 158 g/mol. The van der Waals surface area contributed by atoms with Crippen molar-refractivity contribution in [2.45, 2.75) is 0 Å². The van der Waals surface area contributed by atoms with Crippen LogP contribution < -0.4 is 5.73 Å². The number of aromatic nitrogens is 1. The van der Waals surface area contributed by atoms with E-state index in [1.54, 1.807) is 0 Å². The van der Waals surface area contributed by atoms with E-state index < -0.39 is 0 Å². The predicted molar refractivity (Wildman–Crippen MR) is 52.8 cm³/mol. The van der Waals surface area contributed by atoms with Gasteiger partial charge in [-0.1, -0.05) is 12.7 Å². The van der Waals surface area contributed by atoms with Gasteiger partial charge in [0.15, 0.2) is 0 Å². The number of anilines is 1. The number of nitrogens with two attached hydrogens (primary N) is 1. The Hall–Kier alpha value is -1.70. The van der Waals surface area contributed by atoms with Crippen molar-refractivity contribution in [2.75, 3.05) is 5.73 Å². The van der Waals surface area contributed by atoms with E-state index in [0.29, 0.717) is 0 Å². The molecule has 0 fully saturated rings. The highest BCUT2D eigenvalue weighted by Gasteiger charge is 1.99. The Morgan fingerprint density at radius 1 is 1.42 bits per heavy atom. The lowest BCUT2D eigenvalue weighted by molar-refractivity contribution is 1.48. The van der Waals surface area contributed by atoms with E-state index in [1.807, 2.05) is 30.5 Å². The first kappa shape index (κ1) is 6.98. The number of benzene rings is 1.